The van der Waals surface area contributed by atoms with Gasteiger partial charge in [-0.25, -0.2) is 17.7 Å². The number of rotatable bonds is 7. The Kier molecular flexibility index (Phi) is 5.75. The van der Waals surface area contributed by atoms with Crippen LogP contribution in [-0.2, 0) is 10.0 Å². The number of aromatic nitrogens is 1. The number of pyridine rings is 1. The van der Waals surface area contributed by atoms with Gasteiger partial charge < -0.3 is 5.32 Å². The largest absolute Gasteiger partial charge is 0.370 e. The van der Waals surface area contributed by atoms with Crippen LogP contribution in [0.3, 0.4) is 0 Å². The van der Waals surface area contributed by atoms with Crippen LogP contribution in [0.15, 0.2) is 23.2 Å². The number of nitrogens with one attached hydrogen (secondary N) is 1. The molecular formula is C13H23N3O2S. The monoisotopic (exact) mass is 285 g/mol. The van der Waals surface area contributed by atoms with E-state index >= 15 is 0 Å². The molecule has 0 atom stereocenters. The summed E-state index contributed by atoms with van der Waals surface area (Å²) in [6.07, 6.45) is 2.36. The Hall–Kier alpha value is -1.14. The lowest BCUT2D eigenvalue weighted by Crippen LogP contribution is -2.28. The summed E-state index contributed by atoms with van der Waals surface area (Å²) in [7, 11) is -1.81. The molecule has 6 heteroatoms. The standard InChI is InChI=1S/C13H23N3O2S/c1-5-14-13-10-12(6-8-15-13)19(17,18)16(4)9-7-11(2)3/h6,8,10-11H,5,7,9H2,1-4H3,(H,14,15). The van der Waals surface area contributed by atoms with Crippen LogP contribution in [0, 0.1) is 5.92 Å². The SMILES string of the molecule is CCNc1cc(S(=O)(=O)N(C)CCC(C)C)ccn1. The Morgan fingerprint density at radius 3 is 2.68 bits per heavy atom. The van der Waals surface area contributed by atoms with E-state index in [2.05, 4.69) is 24.1 Å². The van der Waals surface area contributed by atoms with E-state index in [1.165, 1.54) is 16.6 Å². The normalized spacial score (nSPS) is 12.1. The number of hydrogen-bond donors (Lipinski definition) is 1. The molecule has 1 aromatic rings. The average Bonchev–Trinajstić information content (AvgIpc) is 2.36. The van der Waals surface area contributed by atoms with Crippen LogP contribution in [0.2, 0.25) is 0 Å². The van der Waals surface area contributed by atoms with Gasteiger partial charge in [0.1, 0.15) is 5.82 Å². The lowest BCUT2D eigenvalue weighted by atomic mass is 10.1. The fourth-order valence-corrected chi connectivity index (χ4v) is 2.79. The Balaban J connectivity index is 2.89. The molecule has 1 N–H and O–H groups in total. The summed E-state index contributed by atoms with van der Waals surface area (Å²) in [4.78, 5) is 4.36. The first kappa shape index (κ1) is 15.9. The van der Waals surface area contributed by atoms with Crippen LogP contribution in [0.25, 0.3) is 0 Å². The predicted molar refractivity (Wildman–Crippen MR) is 77.7 cm³/mol. The molecule has 0 aliphatic rings. The van der Waals surface area contributed by atoms with Crippen LogP contribution in [0.5, 0.6) is 0 Å². The first-order valence-corrected chi connectivity index (χ1v) is 7.98. The molecular weight excluding hydrogens is 262 g/mol. The molecule has 0 saturated carbocycles. The maximum atomic E-state index is 12.4. The van der Waals surface area contributed by atoms with Crippen LogP contribution >= 0.6 is 0 Å². The zero-order chi connectivity index (χ0) is 14.5. The van der Waals surface area contributed by atoms with E-state index in [1.54, 1.807) is 13.1 Å². The molecule has 5 nitrogen and oxygen atoms in total. The molecule has 1 heterocycles. The molecule has 0 radical (unpaired) electrons. The van der Waals surface area contributed by atoms with Crippen LogP contribution in [0.4, 0.5) is 5.82 Å². The summed E-state index contributed by atoms with van der Waals surface area (Å²) in [6.45, 7) is 7.34. The van der Waals surface area contributed by atoms with Gasteiger partial charge in [-0.05, 0) is 25.3 Å². The van der Waals surface area contributed by atoms with Crippen LogP contribution < -0.4 is 5.32 Å². The second-order valence-corrected chi connectivity index (χ2v) is 6.96. The molecule has 0 aliphatic carbocycles. The summed E-state index contributed by atoms with van der Waals surface area (Å²) < 4.78 is 26.1. The lowest BCUT2D eigenvalue weighted by molar-refractivity contribution is 0.428. The van der Waals surface area contributed by atoms with Crippen molar-refractivity contribution in [1.82, 2.24) is 9.29 Å². The molecule has 0 amide bonds. The molecule has 1 rings (SSSR count). The van der Waals surface area contributed by atoms with Gasteiger partial charge in [0.2, 0.25) is 10.0 Å². The summed E-state index contributed by atoms with van der Waals surface area (Å²) >= 11 is 0. The molecule has 0 aromatic carbocycles. The van der Waals surface area contributed by atoms with Gasteiger partial charge in [0, 0.05) is 32.4 Å². The van der Waals surface area contributed by atoms with Crippen molar-refractivity contribution in [2.45, 2.75) is 32.1 Å². The maximum Gasteiger partial charge on any atom is 0.243 e. The highest BCUT2D eigenvalue weighted by Gasteiger charge is 2.21. The van der Waals surface area contributed by atoms with E-state index in [-0.39, 0.29) is 4.90 Å². The Morgan fingerprint density at radius 1 is 1.42 bits per heavy atom. The summed E-state index contributed by atoms with van der Waals surface area (Å²) in [5.74, 6) is 1.06. The summed E-state index contributed by atoms with van der Waals surface area (Å²) in [6, 6.07) is 3.10. The Bertz CT molecular complexity index is 500. The van der Waals surface area contributed by atoms with Crippen molar-refractivity contribution < 1.29 is 8.42 Å². The number of anilines is 1. The van der Waals surface area contributed by atoms with Gasteiger partial charge in [-0.2, -0.15) is 0 Å². The molecule has 0 fully saturated rings. The third-order valence-electron chi connectivity index (χ3n) is 2.82. The fraction of sp³-hybridized carbons (Fsp3) is 0.615. The van der Waals surface area contributed by atoms with E-state index in [9.17, 15) is 8.42 Å². The van der Waals surface area contributed by atoms with E-state index < -0.39 is 10.0 Å². The highest BCUT2D eigenvalue weighted by atomic mass is 32.2. The highest BCUT2D eigenvalue weighted by molar-refractivity contribution is 7.89. The topological polar surface area (TPSA) is 62.3 Å². The van der Waals surface area contributed by atoms with Crippen LogP contribution in [-0.4, -0.2) is 37.8 Å². The van der Waals surface area contributed by atoms with E-state index in [1.807, 2.05) is 6.92 Å². The second kappa shape index (κ2) is 6.86. The highest BCUT2D eigenvalue weighted by Crippen LogP contribution is 2.17. The summed E-state index contributed by atoms with van der Waals surface area (Å²) in [5.41, 5.74) is 0. The lowest BCUT2D eigenvalue weighted by Gasteiger charge is -2.18. The minimum Gasteiger partial charge on any atom is -0.370 e. The maximum absolute atomic E-state index is 12.4. The molecule has 0 aliphatic heterocycles. The quantitative estimate of drug-likeness (QED) is 0.834. The molecule has 0 saturated heterocycles. The Labute approximate surface area is 116 Å². The number of hydrogen-bond acceptors (Lipinski definition) is 4. The number of nitrogens with zero attached hydrogens (tertiary/aromatic N) is 2. The molecule has 0 unspecified atom stereocenters. The van der Waals surface area contributed by atoms with Crippen molar-refractivity contribution in [2.24, 2.45) is 5.92 Å². The van der Waals surface area contributed by atoms with Crippen molar-refractivity contribution in [3.8, 4) is 0 Å². The van der Waals surface area contributed by atoms with Gasteiger partial charge in [-0.3, -0.25) is 0 Å². The first-order chi connectivity index (χ1) is 8.87. The van der Waals surface area contributed by atoms with E-state index in [0.717, 1.165) is 6.42 Å². The van der Waals surface area contributed by atoms with Crippen molar-refractivity contribution in [3.05, 3.63) is 18.3 Å². The van der Waals surface area contributed by atoms with Gasteiger partial charge in [-0.15, -0.1) is 0 Å². The van der Waals surface area contributed by atoms with Crippen molar-refractivity contribution in [1.29, 1.82) is 0 Å². The zero-order valence-corrected chi connectivity index (χ0v) is 12.9. The zero-order valence-electron chi connectivity index (χ0n) is 12.0. The average molecular weight is 285 g/mol. The fourth-order valence-electron chi connectivity index (χ4n) is 1.59. The van der Waals surface area contributed by atoms with E-state index in [0.29, 0.717) is 24.8 Å². The van der Waals surface area contributed by atoms with Gasteiger partial charge in [-0.1, -0.05) is 13.8 Å². The number of sulfonamides is 1. The molecule has 19 heavy (non-hydrogen) atoms. The van der Waals surface area contributed by atoms with Gasteiger partial charge in [0.05, 0.1) is 4.90 Å². The molecule has 1 aromatic heterocycles. The van der Waals surface area contributed by atoms with Crippen molar-refractivity contribution >= 4 is 15.8 Å². The smallest absolute Gasteiger partial charge is 0.243 e. The minimum atomic E-state index is -3.42. The molecule has 0 spiro atoms. The van der Waals surface area contributed by atoms with Gasteiger partial charge >= 0.3 is 0 Å². The van der Waals surface area contributed by atoms with E-state index in [4.69, 9.17) is 0 Å². The van der Waals surface area contributed by atoms with Crippen molar-refractivity contribution in [2.75, 3.05) is 25.5 Å². The second-order valence-electron chi connectivity index (χ2n) is 4.92. The van der Waals surface area contributed by atoms with Gasteiger partial charge in [0.25, 0.3) is 0 Å². The minimum absolute atomic E-state index is 0.282. The molecule has 108 valence electrons. The van der Waals surface area contributed by atoms with Crippen molar-refractivity contribution in [3.63, 3.8) is 0 Å². The predicted octanol–water partition coefficient (Wildman–Crippen LogP) is 2.18. The Morgan fingerprint density at radius 2 is 2.11 bits per heavy atom. The molecule has 0 bridgehead atoms. The third-order valence-corrected chi connectivity index (χ3v) is 4.67. The van der Waals surface area contributed by atoms with Gasteiger partial charge in [0.15, 0.2) is 0 Å². The first-order valence-electron chi connectivity index (χ1n) is 6.54. The summed E-state index contributed by atoms with van der Waals surface area (Å²) in [5, 5.41) is 3.02. The third kappa shape index (κ3) is 4.47. The van der Waals surface area contributed by atoms with Crippen LogP contribution in [0.1, 0.15) is 27.2 Å².